The van der Waals surface area contributed by atoms with Crippen molar-refractivity contribution < 1.29 is 22.7 Å². The third kappa shape index (κ3) is 3.80. The minimum absolute atomic E-state index is 0.0348. The number of rotatable bonds is 6. The number of methoxy groups -OCH3 is 1. The van der Waals surface area contributed by atoms with Crippen molar-refractivity contribution in [1.82, 2.24) is 9.21 Å². The molecule has 2 fully saturated rings. The van der Waals surface area contributed by atoms with Crippen molar-refractivity contribution in [2.24, 2.45) is 0 Å². The SMILES string of the molecule is COc1ccc(C(=O)N(C2CC2)C2CCc3ccccc32)cc1S(=O)(=O)N1CCOCC1. The highest BCUT2D eigenvalue weighted by atomic mass is 32.2. The van der Waals surface area contributed by atoms with E-state index >= 15 is 0 Å². The Kier molecular flexibility index (Phi) is 5.69. The Morgan fingerprint density at radius 3 is 2.56 bits per heavy atom. The first kappa shape index (κ1) is 21.4. The smallest absolute Gasteiger partial charge is 0.254 e. The third-order valence-corrected chi connectivity index (χ3v) is 8.53. The Labute approximate surface area is 189 Å². The molecule has 170 valence electrons. The molecule has 1 atom stereocenters. The van der Waals surface area contributed by atoms with Crippen molar-refractivity contribution in [2.45, 2.75) is 42.7 Å². The zero-order valence-electron chi connectivity index (χ0n) is 18.2. The van der Waals surface area contributed by atoms with Crippen LogP contribution in [0.2, 0.25) is 0 Å². The molecule has 32 heavy (non-hydrogen) atoms. The largest absolute Gasteiger partial charge is 0.495 e. The minimum Gasteiger partial charge on any atom is -0.495 e. The first-order valence-corrected chi connectivity index (χ1v) is 12.6. The van der Waals surface area contributed by atoms with Crippen LogP contribution in [0.1, 0.15) is 46.8 Å². The van der Waals surface area contributed by atoms with Crippen LogP contribution < -0.4 is 4.74 Å². The fraction of sp³-hybridized carbons (Fsp3) is 0.458. The molecule has 2 aromatic carbocycles. The van der Waals surface area contributed by atoms with Crippen LogP contribution in [0.4, 0.5) is 0 Å². The van der Waals surface area contributed by atoms with Gasteiger partial charge < -0.3 is 14.4 Å². The zero-order valence-corrected chi connectivity index (χ0v) is 19.0. The van der Waals surface area contributed by atoms with Gasteiger partial charge in [0.2, 0.25) is 10.0 Å². The summed E-state index contributed by atoms with van der Waals surface area (Å²) in [5.41, 5.74) is 2.89. The predicted molar refractivity (Wildman–Crippen MR) is 119 cm³/mol. The van der Waals surface area contributed by atoms with Gasteiger partial charge in [-0.15, -0.1) is 0 Å². The van der Waals surface area contributed by atoms with E-state index in [2.05, 4.69) is 12.1 Å². The molecule has 2 aromatic rings. The van der Waals surface area contributed by atoms with Gasteiger partial charge in [0.25, 0.3) is 5.91 Å². The quantitative estimate of drug-likeness (QED) is 0.668. The van der Waals surface area contributed by atoms with Gasteiger partial charge in [-0.05, 0) is 55.0 Å². The van der Waals surface area contributed by atoms with Crippen LogP contribution in [-0.2, 0) is 21.2 Å². The van der Waals surface area contributed by atoms with Crippen LogP contribution in [0.5, 0.6) is 5.75 Å². The zero-order chi connectivity index (χ0) is 22.3. The maximum Gasteiger partial charge on any atom is 0.254 e. The molecule has 0 radical (unpaired) electrons. The molecule has 0 aromatic heterocycles. The Bertz CT molecular complexity index is 1120. The van der Waals surface area contributed by atoms with E-state index in [4.69, 9.17) is 9.47 Å². The highest BCUT2D eigenvalue weighted by Crippen LogP contribution is 2.43. The molecule has 7 nitrogen and oxygen atoms in total. The summed E-state index contributed by atoms with van der Waals surface area (Å²) in [6, 6.07) is 13.3. The molecule has 1 amide bonds. The summed E-state index contributed by atoms with van der Waals surface area (Å²) in [4.78, 5) is 15.8. The molecule has 1 heterocycles. The van der Waals surface area contributed by atoms with E-state index in [1.54, 1.807) is 12.1 Å². The highest BCUT2D eigenvalue weighted by molar-refractivity contribution is 7.89. The van der Waals surface area contributed by atoms with Gasteiger partial charge in [0.15, 0.2) is 0 Å². The fourth-order valence-electron chi connectivity index (χ4n) is 4.82. The van der Waals surface area contributed by atoms with Gasteiger partial charge in [-0.3, -0.25) is 4.79 Å². The number of carbonyl (C=O) groups excluding carboxylic acids is 1. The van der Waals surface area contributed by atoms with Crippen LogP contribution >= 0.6 is 0 Å². The normalized spacial score (nSPS) is 21.2. The first-order valence-electron chi connectivity index (χ1n) is 11.2. The number of hydrogen-bond acceptors (Lipinski definition) is 5. The van der Waals surface area contributed by atoms with Crippen LogP contribution in [0, 0.1) is 0 Å². The number of amides is 1. The van der Waals surface area contributed by atoms with Gasteiger partial charge in [-0.25, -0.2) is 8.42 Å². The number of benzene rings is 2. The average molecular weight is 457 g/mol. The summed E-state index contributed by atoms with van der Waals surface area (Å²) >= 11 is 0. The number of sulfonamides is 1. The Balaban J connectivity index is 1.50. The lowest BCUT2D eigenvalue weighted by Crippen LogP contribution is -2.41. The van der Waals surface area contributed by atoms with Crippen molar-refractivity contribution in [2.75, 3.05) is 33.4 Å². The van der Waals surface area contributed by atoms with Gasteiger partial charge in [0.1, 0.15) is 10.6 Å². The van der Waals surface area contributed by atoms with Crippen LogP contribution in [-0.4, -0.2) is 63.0 Å². The summed E-state index contributed by atoms with van der Waals surface area (Å²) in [6.45, 7) is 1.29. The molecule has 1 aliphatic heterocycles. The summed E-state index contributed by atoms with van der Waals surface area (Å²) in [7, 11) is -2.36. The van der Waals surface area contributed by atoms with E-state index in [-0.39, 0.29) is 41.7 Å². The summed E-state index contributed by atoms with van der Waals surface area (Å²) in [5.74, 6) is 0.132. The van der Waals surface area contributed by atoms with Crippen molar-refractivity contribution in [3.8, 4) is 5.75 Å². The van der Waals surface area contributed by atoms with Gasteiger partial charge in [0.05, 0.1) is 26.4 Å². The Morgan fingerprint density at radius 2 is 1.84 bits per heavy atom. The van der Waals surface area contributed by atoms with Crippen molar-refractivity contribution in [3.63, 3.8) is 0 Å². The molecule has 3 aliphatic rings. The lowest BCUT2D eigenvalue weighted by molar-refractivity contribution is 0.0657. The minimum atomic E-state index is -3.80. The highest BCUT2D eigenvalue weighted by Gasteiger charge is 2.41. The molecule has 1 unspecified atom stereocenters. The summed E-state index contributed by atoms with van der Waals surface area (Å²) < 4.78 is 38.7. The van der Waals surface area contributed by atoms with Crippen LogP contribution in [0.3, 0.4) is 0 Å². The lowest BCUT2D eigenvalue weighted by Gasteiger charge is -2.31. The fourth-order valence-corrected chi connectivity index (χ4v) is 6.41. The molecule has 2 aliphatic carbocycles. The number of morpholine rings is 1. The maximum atomic E-state index is 13.7. The number of hydrogen-bond donors (Lipinski definition) is 0. The molecule has 1 saturated carbocycles. The number of carbonyl (C=O) groups is 1. The van der Waals surface area contributed by atoms with Crippen LogP contribution in [0.15, 0.2) is 47.4 Å². The van der Waals surface area contributed by atoms with Gasteiger partial charge in [-0.1, -0.05) is 24.3 Å². The topological polar surface area (TPSA) is 76.2 Å². The second kappa shape index (κ2) is 8.50. The molecule has 5 rings (SSSR count). The maximum absolute atomic E-state index is 13.7. The second-order valence-corrected chi connectivity index (χ2v) is 10.5. The van der Waals surface area contributed by atoms with E-state index < -0.39 is 10.0 Å². The molecule has 0 N–H and O–H groups in total. The van der Waals surface area contributed by atoms with Crippen molar-refractivity contribution >= 4 is 15.9 Å². The number of fused-ring (bicyclic) bond motifs is 1. The van der Waals surface area contributed by atoms with Crippen molar-refractivity contribution in [3.05, 3.63) is 59.2 Å². The number of aryl methyl sites for hydroxylation is 1. The van der Waals surface area contributed by atoms with Gasteiger partial charge in [0, 0.05) is 24.7 Å². The standard InChI is InChI=1S/C24H28N2O5S/c1-30-22-11-7-18(16-23(22)32(28,29)25-12-14-31-15-13-25)24(27)26(19-8-9-19)21-10-6-17-4-2-3-5-20(17)21/h2-5,7,11,16,19,21H,6,8-10,12-15H2,1H3. The average Bonchev–Trinajstić information content (AvgIpc) is 3.58. The van der Waals surface area contributed by atoms with Gasteiger partial charge in [-0.2, -0.15) is 4.31 Å². The molecule has 0 spiro atoms. The second-order valence-electron chi connectivity index (χ2n) is 8.58. The van der Waals surface area contributed by atoms with Crippen LogP contribution in [0.25, 0.3) is 0 Å². The van der Waals surface area contributed by atoms with E-state index in [0.717, 1.165) is 25.7 Å². The number of ether oxygens (including phenoxy) is 2. The molecule has 1 saturated heterocycles. The Morgan fingerprint density at radius 1 is 1.09 bits per heavy atom. The van der Waals surface area contributed by atoms with E-state index in [1.807, 2.05) is 17.0 Å². The molecule has 0 bridgehead atoms. The molecule has 8 heteroatoms. The molecular weight excluding hydrogens is 428 g/mol. The molecular formula is C24H28N2O5S. The summed E-state index contributed by atoms with van der Waals surface area (Å²) in [6.07, 6.45) is 3.83. The van der Waals surface area contributed by atoms with E-state index in [0.29, 0.717) is 18.8 Å². The van der Waals surface area contributed by atoms with E-state index in [1.165, 1.54) is 28.6 Å². The number of nitrogens with zero attached hydrogens (tertiary/aromatic N) is 2. The van der Waals surface area contributed by atoms with E-state index in [9.17, 15) is 13.2 Å². The Hall–Kier alpha value is -2.42. The van der Waals surface area contributed by atoms with Gasteiger partial charge >= 0.3 is 0 Å². The predicted octanol–water partition coefficient (Wildman–Crippen LogP) is 3.01. The first-order chi connectivity index (χ1) is 15.5. The van der Waals surface area contributed by atoms with Crippen molar-refractivity contribution in [1.29, 1.82) is 0 Å². The lowest BCUT2D eigenvalue weighted by atomic mass is 10.1. The third-order valence-electron chi connectivity index (χ3n) is 6.61. The summed E-state index contributed by atoms with van der Waals surface area (Å²) in [5, 5.41) is 0. The monoisotopic (exact) mass is 456 g/mol.